The number of carbonyl (C=O) groups excluding carboxylic acids is 6. The van der Waals surface area contributed by atoms with E-state index in [0.29, 0.717) is 18.6 Å². The summed E-state index contributed by atoms with van der Waals surface area (Å²) >= 11 is 0. The standard InChI is InChI=1S/C43H56O12/c1-5-38(44)50-24-31-9-7-11-33(19-31)26-54-42(48)36-18-17-35(41(47)53-23-30-15-13-29(14-16-30)22-52-40(46)28(3)4)21-37(36)43(49)55-27-34-12-8-10-32(20-34)25-51-39(45)6-2/h5-6,17-18,21,29-34H,1-3,7-16,19-20,22-27H2,4H3. The van der Waals surface area contributed by atoms with Crippen LogP contribution in [-0.2, 0) is 42.8 Å². The highest BCUT2D eigenvalue weighted by Gasteiger charge is 2.29. The van der Waals surface area contributed by atoms with Crippen LogP contribution in [-0.4, -0.2) is 75.5 Å². The highest BCUT2D eigenvalue weighted by atomic mass is 16.6. The molecule has 55 heavy (non-hydrogen) atoms. The molecule has 12 nitrogen and oxygen atoms in total. The van der Waals surface area contributed by atoms with Crippen molar-refractivity contribution in [1.82, 2.24) is 0 Å². The molecular formula is C43H56O12. The van der Waals surface area contributed by atoms with Crippen molar-refractivity contribution in [3.63, 3.8) is 0 Å². The molecule has 4 atom stereocenters. The zero-order valence-corrected chi connectivity index (χ0v) is 32.1. The van der Waals surface area contributed by atoms with Crippen LogP contribution in [0.15, 0.2) is 55.7 Å². The summed E-state index contributed by atoms with van der Waals surface area (Å²) in [6.07, 6.45) is 12.2. The molecule has 12 heteroatoms. The molecular weight excluding hydrogens is 708 g/mol. The van der Waals surface area contributed by atoms with Crippen molar-refractivity contribution >= 4 is 35.8 Å². The molecule has 0 bridgehead atoms. The number of rotatable bonds is 18. The lowest BCUT2D eigenvalue weighted by molar-refractivity contribution is -0.141. The fourth-order valence-electron chi connectivity index (χ4n) is 7.65. The lowest BCUT2D eigenvalue weighted by Gasteiger charge is -2.28. The van der Waals surface area contributed by atoms with Gasteiger partial charge in [-0.3, -0.25) is 0 Å². The number of benzene rings is 1. The molecule has 300 valence electrons. The summed E-state index contributed by atoms with van der Waals surface area (Å²) in [5.41, 5.74) is 0.367. The minimum Gasteiger partial charge on any atom is -0.462 e. The number of esters is 6. The lowest BCUT2D eigenvalue weighted by atomic mass is 9.82. The van der Waals surface area contributed by atoms with E-state index in [1.165, 1.54) is 18.2 Å². The Hall–Kier alpha value is -4.74. The molecule has 4 rings (SSSR count). The van der Waals surface area contributed by atoms with Crippen LogP contribution in [0.3, 0.4) is 0 Å². The molecule has 3 aliphatic carbocycles. The van der Waals surface area contributed by atoms with Crippen LogP contribution in [0.1, 0.15) is 115 Å². The second-order valence-corrected chi connectivity index (χ2v) is 15.3. The predicted molar refractivity (Wildman–Crippen MR) is 202 cm³/mol. The summed E-state index contributed by atoms with van der Waals surface area (Å²) in [6, 6.07) is 4.18. The fourth-order valence-corrected chi connectivity index (χ4v) is 7.65. The molecule has 4 unspecified atom stereocenters. The second kappa shape index (κ2) is 22.0. The first kappa shape index (κ1) is 43.0. The molecule has 0 radical (unpaired) electrons. The van der Waals surface area contributed by atoms with E-state index in [1.807, 2.05) is 0 Å². The van der Waals surface area contributed by atoms with Gasteiger partial charge in [-0.25, -0.2) is 28.8 Å². The van der Waals surface area contributed by atoms with Crippen molar-refractivity contribution in [2.75, 3.05) is 39.6 Å². The monoisotopic (exact) mass is 764 g/mol. The van der Waals surface area contributed by atoms with Gasteiger partial charge < -0.3 is 28.4 Å². The molecule has 3 saturated carbocycles. The number of hydrogen-bond donors (Lipinski definition) is 0. The van der Waals surface area contributed by atoms with Crippen LogP contribution in [0.2, 0.25) is 0 Å². The smallest absolute Gasteiger partial charge is 0.339 e. The number of carbonyl (C=O) groups is 6. The third-order valence-electron chi connectivity index (χ3n) is 10.8. The summed E-state index contributed by atoms with van der Waals surface area (Å²) in [4.78, 5) is 75.2. The normalized spacial score (nSPS) is 23.6. The minimum atomic E-state index is -0.755. The Balaban J connectivity index is 1.37. The van der Waals surface area contributed by atoms with E-state index in [4.69, 9.17) is 28.4 Å². The Kier molecular flexibility index (Phi) is 17.2. The highest BCUT2D eigenvalue weighted by Crippen LogP contribution is 2.32. The van der Waals surface area contributed by atoms with E-state index in [0.717, 1.165) is 82.8 Å². The van der Waals surface area contributed by atoms with Gasteiger partial charge in [-0.05, 0) is 125 Å². The first-order chi connectivity index (χ1) is 26.4. The predicted octanol–water partition coefficient (Wildman–Crippen LogP) is 7.15. The maximum Gasteiger partial charge on any atom is 0.339 e. The summed E-state index contributed by atoms with van der Waals surface area (Å²) in [5.74, 6) is -2.68. The minimum absolute atomic E-state index is 0.0163. The Morgan fingerprint density at radius 2 is 0.945 bits per heavy atom. The summed E-state index contributed by atoms with van der Waals surface area (Å²) in [5, 5.41) is 0. The van der Waals surface area contributed by atoms with Gasteiger partial charge in [-0.15, -0.1) is 0 Å². The van der Waals surface area contributed by atoms with Crippen molar-refractivity contribution in [3.05, 3.63) is 72.4 Å². The topological polar surface area (TPSA) is 158 Å². The number of ether oxygens (including phenoxy) is 6. The third-order valence-corrected chi connectivity index (χ3v) is 10.8. The van der Waals surface area contributed by atoms with Crippen LogP contribution in [0.25, 0.3) is 0 Å². The lowest BCUT2D eigenvalue weighted by Crippen LogP contribution is -2.26. The largest absolute Gasteiger partial charge is 0.462 e. The average molecular weight is 765 g/mol. The van der Waals surface area contributed by atoms with Crippen LogP contribution in [0, 0.1) is 35.5 Å². The van der Waals surface area contributed by atoms with Gasteiger partial charge in [0.05, 0.1) is 56.3 Å². The zero-order valence-electron chi connectivity index (χ0n) is 32.1. The average Bonchev–Trinajstić information content (AvgIpc) is 3.21. The first-order valence-electron chi connectivity index (χ1n) is 19.5. The van der Waals surface area contributed by atoms with Gasteiger partial charge in [0.1, 0.15) is 0 Å². The Labute approximate surface area is 323 Å². The van der Waals surface area contributed by atoms with Gasteiger partial charge in [-0.2, -0.15) is 0 Å². The van der Waals surface area contributed by atoms with Gasteiger partial charge >= 0.3 is 35.8 Å². The molecule has 3 fully saturated rings. The van der Waals surface area contributed by atoms with Gasteiger partial charge in [0.15, 0.2) is 0 Å². The van der Waals surface area contributed by atoms with Crippen LogP contribution >= 0.6 is 0 Å². The van der Waals surface area contributed by atoms with Crippen LogP contribution < -0.4 is 0 Å². The van der Waals surface area contributed by atoms with Crippen molar-refractivity contribution in [2.24, 2.45) is 35.5 Å². The van der Waals surface area contributed by atoms with E-state index in [-0.39, 0.29) is 85.2 Å². The molecule has 0 N–H and O–H groups in total. The Bertz CT molecular complexity index is 1550. The highest BCUT2D eigenvalue weighted by molar-refractivity contribution is 6.05. The van der Waals surface area contributed by atoms with Crippen LogP contribution in [0.5, 0.6) is 0 Å². The van der Waals surface area contributed by atoms with E-state index in [1.54, 1.807) is 6.92 Å². The number of hydrogen-bond acceptors (Lipinski definition) is 12. The molecule has 1 aromatic rings. The molecule has 0 aromatic heterocycles. The van der Waals surface area contributed by atoms with Gasteiger partial charge in [0, 0.05) is 17.7 Å². The zero-order chi connectivity index (χ0) is 39.7. The van der Waals surface area contributed by atoms with E-state index >= 15 is 0 Å². The molecule has 3 aliphatic rings. The maximum atomic E-state index is 13.6. The quantitative estimate of drug-likeness (QED) is 0.0846. The summed E-state index contributed by atoms with van der Waals surface area (Å²) in [6.45, 7) is 13.4. The van der Waals surface area contributed by atoms with Gasteiger partial charge in [0.25, 0.3) is 0 Å². The van der Waals surface area contributed by atoms with Crippen molar-refractivity contribution in [2.45, 2.75) is 84.0 Å². The molecule has 0 spiro atoms. The third kappa shape index (κ3) is 14.1. The second-order valence-electron chi connectivity index (χ2n) is 15.3. The molecule has 1 aromatic carbocycles. The van der Waals surface area contributed by atoms with Gasteiger partial charge in [0.2, 0.25) is 0 Å². The maximum absolute atomic E-state index is 13.6. The van der Waals surface area contributed by atoms with E-state index in [9.17, 15) is 28.8 Å². The van der Waals surface area contributed by atoms with Crippen molar-refractivity contribution in [3.8, 4) is 0 Å². The SMILES string of the molecule is C=CC(=O)OCC1CCCC(COC(=O)c2ccc(C(=O)OCC3CCC(COC(=O)C(=C)C)CC3)cc2C(=O)OCC2CCCC(COC(=O)C=C)C2)C1. The summed E-state index contributed by atoms with van der Waals surface area (Å²) < 4.78 is 32.9. The Morgan fingerprint density at radius 1 is 0.545 bits per heavy atom. The molecule has 0 heterocycles. The van der Waals surface area contributed by atoms with Crippen molar-refractivity contribution < 1.29 is 57.2 Å². The molecule has 0 aliphatic heterocycles. The molecule has 0 amide bonds. The Morgan fingerprint density at radius 3 is 1.40 bits per heavy atom. The van der Waals surface area contributed by atoms with Crippen LogP contribution in [0.4, 0.5) is 0 Å². The van der Waals surface area contributed by atoms with Gasteiger partial charge in [-0.1, -0.05) is 32.6 Å². The van der Waals surface area contributed by atoms with E-state index < -0.39 is 35.8 Å². The fraction of sp³-hybridized carbons (Fsp3) is 0.581. The summed E-state index contributed by atoms with van der Waals surface area (Å²) in [7, 11) is 0. The first-order valence-corrected chi connectivity index (χ1v) is 19.5. The van der Waals surface area contributed by atoms with Crippen molar-refractivity contribution in [1.29, 1.82) is 0 Å². The molecule has 0 saturated heterocycles. The van der Waals surface area contributed by atoms with E-state index in [2.05, 4.69) is 19.7 Å².